The van der Waals surface area contributed by atoms with Gasteiger partial charge in [0, 0.05) is 17.7 Å². The Balaban J connectivity index is 1.22. The number of anilines is 1. The van der Waals surface area contributed by atoms with E-state index in [2.05, 4.69) is 36.6 Å². The molecule has 0 bridgehead atoms. The van der Waals surface area contributed by atoms with E-state index in [1.54, 1.807) is 7.11 Å². The van der Waals surface area contributed by atoms with Gasteiger partial charge in [-0.3, -0.25) is 4.79 Å². The van der Waals surface area contributed by atoms with E-state index < -0.39 is 0 Å². The van der Waals surface area contributed by atoms with E-state index in [-0.39, 0.29) is 23.4 Å². The zero-order chi connectivity index (χ0) is 21.6. The van der Waals surface area contributed by atoms with Crippen LogP contribution < -0.4 is 14.5 Å². The van der Waals surface area contributed by atoms with Crippen LogP contribution in [0.25, 0.3) is 0 Å². The predicted molar refractivity (Wildman–Crippen MR) is 121 cm³/mol. The number of esters is 1. The molecule has 0 aromatic heterocycles. The van der Waals surface area contributed by atoms with Crippen LogP contribution in [0.1, 0.15) is 39.0 Å². The summed E-state index contributed by atoms with van der Waals surface area (Å²) in [5.41, 5.74) is 2.92. The minimum absolute atomic E-state index is 0.0580. The number of hydrogen-bond acceptors (Lipinski definition) is 4. The Bertz CT molecular complexity index is 847. The van der Waals surface area contributed by atoms with Gasteiger partial charge in [0.25, 0.3) is 0 Å². The molecule has 5 atom stereocenters. The number of nitrogens with zero attached hydrogens (tertiary/aromatic N) is 1. The molecule has 1 N–H and O–H groups in total. The fourth-order valence-corrected chi connectivity index (χ4v) is 6.89. The zero-order valence-corrected chi connectivity index (χ0v) is 19.1. The first kappa shape index (κ1) is 20.9. The lowest BCUT2D eigenvalue weighted by Crippen LogP contribution is -3.15. The van der Waals surface area contributed by atoms with Gasteiger partial charge in [-0.15, -0.1) is 0 Å². The van der Waals surface area contributed by atoms with E-state index in [0.717, 1.165) is 57.7 Å². The van der Waals surface area contributed by atoms with E-state index in [1.807, 2.05) is 6.07 Å². The maximum absolute atomic E-state index is 12.9. The van der Waals surface area contributed by atoms with Crippen LogP contribution in [0.3, 0.4) is 0 Å². The number of allylic oxidation sites excluding steroid dienone is 1. The molecular formula is C26H37N2O3+. The van der Waals surface area contributed by atoms with E-state index >= 15 is 0 Å². The molecule has 168 valence electrons. The minimum atomic E-state index is 0.0580. The predicted octanol–water partition coefficient (Wildman–Crippen LogP) is 2.71. The topological polar surface area (TPSA) is 43.2 Å². The Morgan fingerprint density at radius 3 is 2.90 bits per heavy atom. The summed E-state index contributed by atoms with van der Waals surface area (Å²) in [4.78, 5) is 16.8. The molecule has 5 rings (SSSR count). The molecule has 1 aromatic rings. The van der Waals surface area contributed by atoms with E-state index in [0.29, 0.717) is 11.8 Å². The number of carbonyl (C=O) groups is 1. The van der Waals surface area contributed by atoms with Crippen LogP contribution in [0, 0.1) is 23.2 Å². The second kappa shape index (κ2) is 8.16. The summed E-state index contributed by atoms with van der Waals surface area (Å²) in [5.74, 6) is 1.97. The van der Waals surface area contributed by atoms with Crippen LogP contribution in [-0.2, 0) is 9.53 Å². The number of nitrogens with one attached hydrogen (secondary N) is 1. The van der Waals surface area contributed by atoms with E-state index in [1.165, 1.54) is 29.0 Å². The van der Waals surface area contributed by atoms with Crippen molar-refractivity contribution >= 4 is 11.7 Å². The van der Waals surface area contributed by atoms with Gasteiger partial charge in [0.15, 0.2) is 0 Å². The summed E-state index contributed by atoms with van der Waals surface area (Å²) in [6, 6.07) is 8.31. The third kappa shape index (κ3) is 3.86. The van der Waals surface area contributed by atoms with Crippen molar-refractivity contribution in [2.45, 2.75) is 45.1 Å². The van der Waals surface area contributed by atoms with Crippen LogP contribution in [0.5, 0.6) is 5.75 Å². The summed E-state index contributed by atoms with van der Waals surface area (Å²) in [5, 5.41) is 0. The summed E-state index contributed by atoms with van der Waals surface area (Å²) in [7, 11) is 1.71. The Morgan fingerprint density at radius 1 is 1.32 bits per heavy atom. The molecule has 0 amide bonds. The molecule has 4 fully saturated rings. The van der Waals surface area contributed by atoms with Gasteiger partial charge in [0.05, 0.1) is 39.8 Å². The van der Waals surface area contributed by atoms with Crippen molar-refractivity contribution in [3.05, 3.63) is 36.4 Å². The number of ether oxygens (including phenoxy) is 2. The van der Waals surface area contributed by atoms with Gasteiger partial charge in [0.1, 0.15) is 17.8 Å². The molecule has 2 saturated heterocycles. The second-order valence-corrected chi connectivity index (χ2v) is 10.5. The van der Waals surface area contributed by atoms with E-state index in [9.17, 15) is 4.79 Å². The van der Waals surface area contributed by atoms with Gasteiger partial charge in [-0.25, -0.2) is 0 Å². The second-order valence-electron chi connectivity index (χ2n) is 10.5. The number of hydrogen-bond donors (Lipinski definition) is 1. The van der Waals surface area contributed by atoms with Crippen LogP contribution in [-0.4, -0.2) is 51.9 Å². The fourth-order valence-electron chi connectivity index (χ4n) is 6.89. The molecule has 31 heavy (non-hydrogen) atoms. The Kier molecular flexibility index (Phi) is 5.49. The molecule has 2 heterocycles. The summed E-state index contributed by atoms with van der Waals surface area (Å²) in [6.07, 6.45) is 5.90. The smallest absolute Gasteiger partial charge is 0.315 e. The number of methoxy groups -OCH3 is 1. The molecular weight excluding hydrogens is 388 g/mol. The quantitative estimate of drug-likeness (QED) is 0.595. The largest absolute Gasteiger partial charge is 0.497 e. The highest BCUT2D eigenvalue weighted by Crippen LogP contribution is 2.56. The Hall–Kier alpha value is -2.01. The van der Waals surface area contributed by atoms with Gasteiger partial charge in [-0.1, -0.05) is 25.1 Å². The molecule has 5 nitrogen and oxygen atoms in total. The zero-order valence-electron chi connectivity index (χ0n) is 19.1. The number of quaternary nitrogens is 1. The number of rotatable bonds is 4. The van der Waals surface area contributed by atoms with Crippen molar-refractivity contribution < 1.29 is 19.2 Å². The molecule has 0 spiro atoms. The molecule has 0 unspecified atom stereocenters. The number of carbonyl (C=O) groups excluding carboxylic acids is 1. The van der Waals surface area contributed by atoms with Crippen LogP contribution in [0.15, 0.2) is 36.4 Å². The van der Waals surface area contributed by atoms with Gasteiger partial charge in [-0.05, 0) is 55.6 Å². The average Bonchev–Trinajstić information content (AvgIpc) is 3.06. The van der Waals surface area contributed by atoms with Crippen molar-refractivity contribution in [3.8, 4) is 5.75 Å². The first-order chi connectivity index (χ1) is 15.0. The van der Waals surface area contributed by atoms with Gasteiger partial charge in [0.2, 0.25) is 0 Å². The molecule has 4 aliphatic rings. The van der Waals surface area contributed by atoms with Crippen molar-refractivity contribution in [2.24, 2.45) is 23.2 Å². The molecule has 0 radical (unpaired) electrons. The fraction of sp³-hybridized carbons (Fsp3) is 0.654. The summed E-state index contributed by atoms with van der Waals surface area (Å²) >= 11 is 0. The van der Waals surface area contributed by atoms with Gasteiger partial charge >= 0.3 is 5.97 Å². The van der Waals surface area contributed by atoms with Crippen LogP contribution in [0.2, 0.25) is 0 Å². The first-order valence-corrected chi connectivity index (χ1v) is 12.1. The highest BCUT2D eigenvalue weighted by molar-refractivity contribution is 5.75. The van der Waals surface area contributed by atoms with Crippen LogP contribution in [0.4, 0.5) is 5.69 Å². The Morgan fingerprint density at radius 2 is 2.13 bits per heavy atom. The van der Waals surface area contributed by atoms with Crippen molar-refractivity contribution in [1.82, 2.24) is 0 Å². The van der Waals surface area contributed by atoms with Crippen molar-refractivity contribution in [3.63, 3.8) is 0 Å². The third-order valence-corrected chi connectivity index (χ3v) is 8.72. The molecule has 2 aliphatic carbocycles. The van der Waals surface area contributed by atoms with E-state index in [4.69, 9.17) is 9.47 Å². The van der Waals surface area contributed by atoms with Gasteiger partial charge < -0.3 is 19.3 Å². The van der Waals surface area contributed by atoms with Crippen molar-refractivity contribution in [2.75, 3.05) is 44.7 Å². The molecule has 2 saturated carbocycles. The molecule has 2 aliphatic heterocycles. The van der Waals surface area contributed by atoms with Crippen LogP contribution >= 0.6 is 0 Å². The highest BCUT2D eigenvalue weighted by atomic mass is 16.6. The molecule has 1 aromatic carbocycles. The lowest BCUT2D eigenvalue weighted by Gasteiger charge is -2.50. The minimum Gasteiger partial charge on any atom is -0.497 e. The normalized spacial score (nSPS) is 36.0. The average molecular weight is 426 g/mol. The number of fused-ring (bicyclic) bond motifs is 2. The maximum atomic E-state index is 12.9. The summed E-state index contributed by atoms with van der Waals surface area (Å²) < 4.78 is 11.4. The lowest BCUT2D eigenvalue weighted by molar-refractivity contribution is -0.903. The first-order valence-electron chi connectivity index (χ1n) is 12.1. The standard InChI is InChI=1S/C26H36N2O3/c1-18-6-5-9-26(2)16-24-21(15-23(18)26)22(25(29)31-24)17-27-10-12-28(13-11-27)19-7-4-8-20(14-19)30-3/h4,7-8,14,21-24H,1,5-6,9-13,15-17H2,2-3H3/p+1/t21-,22-,23+,24-,26-/m1/s1. The lowest BCUT2D eigenvalue weighted by atomic mass is 9.55. The number of piperazine rings is 1. The Labute approximate surface area is 186 Å². The van der Waals surface area contributed by atoms with Gasteiger partial charge in [-0.2, -0.15) is 0 Å². The maximum Gasteiger partial charge on any atom is 0.315 e. The third-order valence-electron chi connectivity index (χ3n) is 8.72. The highest BCUT2D eigenvalue weighted by Gasteiger charge is 2.56. The molecule has 5 heteroatoms. The monoisotopic (exact) mass is 425 g/mol. The SMILES string of the molecule is C=C1CCC[C@]2(C)C[C@H]3OC(=O)[C@H](C[NH+]4CCN(c5cccc(OC)c5)CC4)[C@H]3C[C@@H]12. The van der Waals surface area contributed by atoms with Crippen molar-refractivity contribution in [1.29, 1.82) is 0 Å². The summed E-state index contributed by atoms with van der Waals surface area (Å²) in [6.45, 7) is 11.9. The number of benzene rings is 1.